The zero-order valence-electron chi connectivity index (χ0n) is 20.9. The van der Waals surface area contributed by atoms with Crippen molar-refractivity contribution in [1.82, 2.24) is 39.2 Å². The molecule has 11 nitrogen and oxygen atoms in total. The lowest BCUT2D eigenvalue weighted by Crippen LogP contribution is -2.41. The van der Waals surface area contributed by atoms with E-state index in [0.717, 1.165) is 22.7 Å². The van der Waals surface area contributed by atoms with Crippen LogP contribution in [0.1, 0.15) is 36.3 Å². The van der Waals surface area contributed by atoms with E-state index in [-0.39, 0.29) is 35.8 Å². The van der Waals surface area contributed by atoms with E-state index in [4.69, 9.17) is 16.0 Å². The first kappa shape index (κ1) is 24.1. The van der Waals surface area contributed by atoms with Crippen LogP contribution in [-0.4, -0.2) is 58.2 Å². The summed E-state index contributed by atoms with van der Waals surface area (Å²) >= 11 is 6.38. The molecule has 1 aliphatic rings. The van der Waals surface area contributed by atoms with Crippen molar-refractivity contribution in [3.63, 3.8) is 0 Å². The number of benzene rings is 1. The van der Waals surface area contributed by atoms with Crippen LogP contribution in [-0.2, 0) is 11.2 Å². The lowest BCUT2D eigenvalue weighted by molar-refractivity contribution is -0.132. The number of aromatic amines is 1. The van der Waals surface area contributed by atoms with Crippen molar-refractivity contribution in [2.45, 2.75) is 39.2 Å². The van der Waals surface area contributed by atoms with E-state index in [0.29, 0.717) is 42.2 Å². The molecule has 5 aromatic rings. The molecule has 38 heavy (non-hydrogen) atoms. The summed E-state index contributed by atoms with van der Waals surface area (Å²) < 4.78 is 9.54. The minimum Gasteiger partial charge on any atom is -0.420 e. The third kappa shape index (κ3) is 4.49. The van der Waals surface area contributed by atoms with E-state index in [2.05, 4.69) is 25.1 Å². The van der Waals surface area contributed by atoms with Crippen LogP contribution in [0.3, 0.4) is 0 Å². The maximum Gasteiger partial charge on any atom is 0.327 e. The molecule has 1 aromatic carbocycles. The van der Waals surface area contributed by atoms with Gasteiger partial charge in [0.2, 0.25) is 17.7 Å². The van der Waals surface area contributed by atoms with Gasteiger partial charge in [-0.1, -0.05) is 11.6 Å². The van der Waals surface area contributed by atoms with Gasteiger partial charge in [0.05, 0.1) is 11.2 Å². The molecule has 1 fully saturated rings. The van der Waals surface area contributed by atoms with Crippen molar-refractivity contribution >= 4 is 28.7 Å². The van der Waals surface area contributed by atoms with Gasteiger partial charge in [-0.3, -0.25) is 14.3 Å². The number of hydrogen-bond acceptors (Lipinski definition) is 7. The summed E-state index contributed by atoms with van der Waals surface area (Å²) in [4.78, 5) is 38.7. The Balaban J connectivity index is 1.13. The summed E-state index contributed by atoms with van der Waals surface area (Å²) in [6, 6.07) is 9.17. The molecule has 0 unspecified atom stereocenters. The van der Waals surface area contributed by atoms with Gasteiger partial charge in [0.1, 0.15) is 12.2 Å². The number of aryl methyl sites for hydroxylation is 2. The Kier molecular flexibility index (Phi) is 6.07. The fourth-order valence-electron chi connectivity index (χ4n) is 5.09. The van der Waals surface area contributed by atoms with Gasteiger partial charge in [-0.2, -0.15) is 0 Å². The average Bonchev–Trinajstić information content (AvgIpc) is 3.59. The van der Waals surface area contributed by atoms with Gasteiger partial charge in [0.25, 0.3) is 0 Å². The van der Waals surface area contributed by atoms with Gasteiger partial charge in [0, 0.05) is 47.8 Å². The summed E-state index contributed by atoms with van der Waals surface area (Å²) in [5.74, 6) is 1.27. The molecule has 0 saturated carbocycles. The highest BCUT2D eigenvalue weighted by molar-refractivity contribution is 6.31. The summed E-state index contributed by atoms with van der Waals surface area (Å²) in [5, 5.41) is 8.77. The Hall–Kier alpha value is -4.25. The van der Waals surface area contributed by atoms with Gasteiger partial charge < -0.3 is 13.9 Å². The molecule has 0 spiro atoms. The lowest BCUT2D eigenvalue weighted by Gasteiger charge is -2.32. The highest BCUT2D eigenvalue weighted by Gasteiger charge is 2.27. The normalized spacial score (nSPS) is 14.4. The third-order valence-electron chi connectivity index (χ3n) is 6.85. The zero-order chi connectivity index (χ0) is 26.4. The monoisotopic (exact) mass is 532 g/mol. The number of pyridine rings is 1. The quantitative estimate of drug-likeness (QED) is 0.366. The predicted octanol–water partition coefficient (Wildman–Crippen LogP) is 3.64. The number of piperidine rings is 1. The van der Waals surface area contributed by atoms with E-state index in [1.54, 1.807) is 21.7 Å². The number of rotatable bonds is 5. The molecule has 1 saturated heterocycles. The minimum atomic E-state index is -0.177. The largest absolute Gasteiger partial charge is 0.420 e. The van der Waals surface area contributed by atoms with Gasteiger partial charge >= 0.3 is 5.69 Å². The number of halogens is 1. The fraction of sp³-hybridized carbons (Fsp3) is 0.308. The zero-order valence-corrected chi connectivity index (χ0v) is 21.6. The molecule has 1 aliphatic heterocycles. The van der Waals surface area contributed by atoms with Crippen molar-refractivity contribution < 1.29 is 9.21 Å². The minimum absolute atomic E-state index is 0.000506. The van der Waals surface area contributed by atoms with Gasteiger partial charge in [-0.15, -0.1) is 10.2 Å². The summed E-state index contributed by atoms with van der Waals surface area (Å²) in [7, 11) is 0. The number of aromatic nitrogens is 7. The van der Waals surface area contributed by atoms with Crippen LogP contribution in [0, 0.1) is 13.8 Å². The molecule has 1 N–H and O–H groups in total. The number of likely N-dealkylation sites (tertiary alicyclic amines) is 1. The third-order valence-corrected chi connectivity index (χ3v) is 7.07. The standard InChI is InChI=1S/C26H25ClN8O3/c1-15-14-34(16(2)29-15)20-11-17(10-18(27)12-20)25-32-31-22(38-25)13-23(36)33-8-5-19(6-9-33)35-21-4-3-7-28-24(21)30-26(35)37/h3-4,7,10-12,14,19H,5-6,8-9,13H2,1-2H3,(H,28,30,37). The number of carbonyl (C=O) groups is 1. The van der Waals surface area contributed by atoms with E-state index in [1.165, 1.54) is 0 Å². The Bertz CT molecular complexity index is 1710. The van der Waals surface area contributed by atoms with Gasteiger partial charge in [0.15, 0.2) is 5.65 Å². The molecule has 1 amide bonds. The second-order valence-corrected chi connectivity index (χ2v) is 9.90. The molecular formula is C26H25ClN8O3. The molecule has 0 atom stereocenters. The van der Waals surface area contributed by atoms with Crippen molar-refractivity contribution in [3.05, 3.63) is 75.6 Å². The van der Waals surface area contributed by atoms with Gasteiger partial charge in [-0.05, 0) is 57.0 Å². The molecule has 6 rings (SSSR count). The smallest absolute Gasteiger partial charge is 0.327 e. The van der Waals surface area contributed by atoms with Crippen LogP contribution in [0.5, 0.6) is 0 Å². The van der Waals surface area contributed by atoms with Crippen LogP contribution < -0.4 is 5.69 Å². The topological polar surface area (TPSA) is 128 Å². The van der Waals surface area contributed by atoms with Crippen LogP contribution in [0.4, 0.5) is 0 Å². The molecule has 4 aromatic heterocycles. The lowest BCUT2D eigenvalue weighted by atomic mass is 10.0. The fourth-order valence-corrected chi connectivity index (χ4v) is 5.32. The molecular weight excluding hydrogens is 508 g/mol. The molecule has 12 heteroatoms. The van der Waals surface area contributed by atoms with Crippen molar-refractivity contribution in [2.75, 3.05) is 13.1 Å². The van der Waals surface area contributed by atoms with Crippen LogP contribution in [0.15, 0.2) is 51.9 Å². The maximum atomic E-state index is 13.0. The Labute approximate surface area is 222 Å². The maximum absolute atomic E-state index is 13.0. The number of hydrogen-bond donors (Lipinski definition) is 1. The van der Waals surface area contributed by atoms with Crippen LogP contribution >= 0.6 is 11.6 Å². The van der Waals surface area contributed by atoms with Crippen molar-refractivity contribution in [1.29, 1.82) is 0 Å². The second-order valence-electron chi connectivity index (χ2n) is 9.46. The first-order chi connectivity index (χ1) is 18.4. The highest BCUT2D eigenvalue weighted by atomic mass is 35.5. The first-order valence-electron chi connectivity index (χ1n) is 12.3. The number of nitrogens with zero attached hydrogens (tertiary/aromatic N) is 7. The Morgan fingerprint density at radius 2 is 2.00 bits per heavy atom. The van der Waals surface area contributed by atoms with Crippen molar-refractivity contribution in [3.8, 4) is 17.1 Å². The number of imidazole rings is 2. The van der Waals surface area contributed by atoms with Crippen molar-refractivity contribution in [2.24, 2.45) is 0 Å². The number of nitrogens with one attached hydrogen (secondary N) is 1. The summed E-state index contributed by atoms with van der Waals surface area (Å²) in [6.45, 7) is 4.91. The number of carbonyl (C=O) groups excluding carboxylic acids is 1. The first-order valence-corrected chi connectivity index (χ1v) is 12.7. The molecule has 0 aliphatic carbocycles. The molecule has 194 valence electrons. The molecule has 0 radical (unpaired) electrons. The van der Waals surface area contributed by atoms with Crippen LogP contribution in [0.2, 0.25) is 5.02 Å². The van der Waals surface area contributed by atoms with E-state index in [1.807, 2.05) is 48.9 Å². The average molecular weight is 533 g/mol. The van der Waals surface area contributed by atoms with E-state index in [9.17, 15) is 9.59 Å². The Morgan fingerprint density at radius 1 is 1.18 bits per heavy atom. The van der Waals surface area contributed by atoms with Crippen LogP contribution in [0.25, 0.3) is 28.3 Å². The van der Waals surface area contributed by atoms with E-state index < -0.39 is 0 Å². The SMILES string of the molecule is Cc1cn(-c2cc(Cl)cc(-c3nnc(CC(=O)N4CCC(n5c(=O)[nH]c6ncccc65)CC4)o3)c2)c(C)n1. The number of amides is 1. The number of H-pyrrole nitrogens is 1. The summed E-state index contributed by atoms with van der Waals surface area (Å²) in [5.41, 5.74) is 3.56. The second kappa shape index (κ2) is 9.56. The number of fused-ring (bicyclic) bond motifs is 1. The molecule has 0 bridgehead atoms. The summed E-state index contributed by atoms with van der Waals surface area (Å²) in [6.07, 6.45) is 4.92. The highest BCUT2D eigenvalue weighted by Crippen LogP contribution is 2.28. The van der Waals surface area contributed by atoms with Gasteiger partial charge in [-0.25, -0.2) is 14.8 Å². The molecule has 5 heterocycles. The van der Waals surface area contributed by atoms with E-state index >= 15 is 0 Å². The Morgan fingerprint density at radius 3 is 2.76 bits per heavy atom. The predicted molar refractivity (Wildman–Crippen MR) is 140 cm³/mol.